The maximum atomic E-state index is 4.38. The molecule has 3 rings (SSSR count). The van der Waals surface area contributed by atoms with E-state index < -0.39 is 0 Å². The van der Waals surface area contributed by atoms with Crippen LogP contribution >= 0.6 is 0 Å². The lowest BCUT2D eigenvalue weighted by molar-refractivity contribution is 0.749. The number of aromatic nitrogens is 3. The summed E-state index contributed by atoms with van der Waals surface area (Å²) in [5.41, 5.74) is 2.47. The van der Waals surface area contributed by atoms with Crippen LogP contribution in [0.1, 0.15) is 11.1 Å². The van der Waals surface area contributed by atoms with Gasteiger partial charge >= 0.3 is 0 Å². The molecule has 0 atom stereocenters. The van der Waals surface area contributed by atoms with E-state index in [0.717, 1.165) is 31.0 Å². The summed E-state index contributed by atoms with van der Waals surface area (Å²) in [7, 11) is 0. The molecule has 0 saturated heterocycles. The zero-order valence-corrected chi connectivity index (χ0v) is 12.3. The van der Waals surface area contributed by atoms with Crippen molar-refractivity contribution in [1.82, 2.24) is 15.0 Å². The van der Waals surface area contributed by atoms with Crippen molar-refractivity contribution in [2.75, 3.05) is 11.4 Å². The lowest BCUT2D eigenvalue weighted by Crippen LogP contribution is -2.27. The molecule has 2 aromatic heterocycles. The highest BCUT2D eigenvalue weighted by molar-refractivity contribution is 5.31. The molecule has 4 nitrogen and oxygen atoms in total. The van der Waals surface area contributed by atoms with Crippen LogP contribution < -0.4 is 4.90 Å². The van der Waals surface area contributed by atoms with Crippen molar-refractivity contribution >= 4 is 5.95 Å². The Balaban J connectivity index is 1.74. The lowest BCUT2D eigenvalue weighted by Gasteiger charge is -2.22. The molecule has 0 aliphatic rings. The zero-order chi connectivity index (χ0) is 15.0. The van der Waals surface area contributed by atoms with Crippen LogP contribution in [0.15, 0.2) is 73.3 Å². The maximum Gasteiger partial charge on any atom is 0.225 e. The Morgan fingerprint density at radius 2 is 1.55 bits per heavy atom. The minimum absolute atomic E-state index is 0.752. The normalized spacial score (nSPS) is 10.4. The largest absolute Gasteiger partial charge is 0.336 e. The molecule has 0 spiro atoms. The van der Waals surface area contributed by atoms with Crippen LogP contribution in [0.2, 0.25) is 0 Å². The Morgan fingerprint density at radius 1 is 0.773 bits per heavy atom. The minimum Gasteiger partial charge on any atom is -0.336 e. The van der Waals surface area contributed by atoms with Crippen LogP contribution in [0.25, 0.3) is 0 Å². The maximum absolute atomic E-state index is 4.38. The van der Waals surface area contributed by atoms with Crippen molar-refractivity contribution in [2.24, 2.45) is 0 Å². The zero-order valence-electron chi connectivity index (χ0n) is 12.3. The highest BCUT2D eigenvalue weighted by Crippen LogP contribution is 2.12. The molecule has 0 amide bonds. The van der Waals surface area contributed by atoms with Crippen LogP contribution in [-0.2, 0) is 13.0 Å². The molecule has 1 aromatic carbocycles. The number of nitrogens with zero attached hydrogens (tertiary/aromatic N) is 4. The second-order valence-electron chi connectivity index (χ2n) is 5.07. The molecule has 3 aromatic rings. The Labute approximate surface area is 130 Å². The summed E-state index contributed by atoms with van der Waals surface area (Å²) in [5, 5.41) is 0. The first-order valence-corrected chi connectivity index (χ1v) is 7.36. The Kier molecular flexibility index (Phi) is 4.72. The van der Waals surface area contributed by atoms with E-state index in [9.17, 15) is 0 Å². The van der Waals surface area contributed by atoms with Gasteiger partial charge in [0.2, 0.25) is 5.95 Å². The molecular formula is C18H18N4. The van der Waals surface area contributed by atoms with Crippen LogP contribution in [0.3, 0.4) is 0 Å². The summed E-state index contributed by atoms with van der Waals surface area (Å²) < 4.78 is 0. The molecule has 0 N–H and O–H groups in total. The third-order valence-corrected chi connectivity index (χ3v) is 3.44. The number of rotatable bonds is 6. The molecule has 4 heteroatoms. The van der Waals surface area contributed by atoms with Crippen molar-refractivity contribution in [2.45, 2.75) is 13.0 Å². The van der Waals surface area contributed by atoms with Gasteiger partial charge in [0.1, 0.15) is 0 Å². The predicted octanol–water partition coefficient (Wildman–Crippen LogP) is 3.12. The predicted molar refractivity (Wildman–Crippen MR) is 87.5 cm³/mol. The Hall–Kier alpha value is -2.75. The summed E-state index contributed by atoms with van der Waals surface area (Å²) in [4.78, 5) is 15.1. The summed E-state index contributed by atoms with van der Waals surface area (Å²) in [6.45, 7) is 1.62. The Morgan fingerprint density at radius 3 is 2.27 bits per heavy atom. The highest BCUT2D eigenvalue weighted by Gasteiger charge is 2.10. The van der Waals surface area contributed by atoms with E-state index in [2.05, 4.69) is 50.2 Å². The van der Waals surface area contributed by atoms with Crippen LogP contribution in [0.5, 0.6) is 0 Å². The number of anilines is 1. The average Bonchev–Trinajstić information content (AvgIpc) is 2.61. The van der Waals surface area contributed by atoms with E-state index in [1.54, 1.807) is 18.6 Å². The molecular weight excluding hydrogens is 272 g/mol. The van der Waals surface area contributed by atoms with Crippen molar-refractivity contribution in [3.63, 3.8) is 0 Å². The van der Waals surface area contributed by atoms with Gasteiger partial charge in [0.05, 0.1) is 0 Å². The number of pyridine rings is 1. The second-order valence-corrected chi connectivity index (χ2v) is 5.07. The van der Waals surface area contributed by atoms with Crippen LogP contribution in [-0.4, -0.2) is 21.5 Å². The molecule has 0 aliphatic heterocycles. The molecule has 0 radical (unpaired) electrons. The Bertz CT molecular complexity index is 671. The van der Waals surface area contributed by atoms with Gasteiger partial charge in [-0.3, -0.25) is 4.98 Å². The average molecular weight is 290 g/mol. The molecule has 0 aliphatic carbocycles. The van der Waals surface area contributed by atoms with Crippen molar-refractivity contribution in [1.29, 1.82) is 0 Å². The van der Waals surface area contributed by atoms with Crippen LogP contribution in [0.4, 0.5) is 5.95 Å². The van der Waals surface area contributed by atoms with Gasteiger partial charge in [-0.05, 0) is 29.7 Å². The van der Waals surface area contributed by atoms with Crippen molar-refractivity contribution in [3.8, 4) is 0 Å². The van der Waals surface area contributed by atoms with E-state index in [1.807, 2.05) is 24.4 Å². The SMILES string of the molecule is c1ccc(CCN(Cc2cccnc2)c2ncccn2)cc1. The molecule has 0 fully saturated rings. The third kappa shape index (κ3) is 3.88. The van der Waals surface area contributed by atoms with Gasteiger partial charge in [0.25, 0.3) is 0 Å². The van der Waals surface area contributed by atoms with Gasteiger partial charge in [-0.25, -0.2) is 9.97 Å². The van der Waals surface area contributed by atoms with E-state index in [4.69, 9.17) is 0 Å². The monoisotopic (exact) mass is 290 g/mol. The lowest BCUT2D eigenvalue weighted by atomic mass is 10.1. The first kappa shape index (κ1) is 14.2. The summed E-state index contributed by atoms with van der Waals surface area (Å²) >= 11 is 0. The fourth-order valence-corrected chi connectivity index (χ4v) is 2.33. The molecule has 110 valence electrons. The molecule has 0 unspecified atom stereocenters. The topological polar surface area (TPSA) is 41.9 Å². The van der Waals surface area contributed by atoms with Gasteiger partial charge in [-0.1, -0.05) is 36.4 Å². The van der Waals surface area contributed by atoms with Gasteiger partial charge in [0, 0.05) is 37.9 Å². The standard InChI is InChI=1S/C18H18N4/c1-2-6-16(7-3-1)9-13-22(18-20-11-5-12-21-18)15-17-8-4-10-19-14-17/h1-8,10-12,14H,9,13,15H2. The minimum atomic E-state index is 0.752. The second kappa shape index (κ2) is 7.31. The van der Waals surface area contributed by atoms with E-state index >= 15 is 0 Å². The number of hydrogen-bond donors (Lipinski definition) is 0. The van der Waals surface area contributed by atoms with E-state index in [-0.39, 0.29) is 0 Å². The van der Waals surface area contributed by atoms with Crippen molar-refractivity contribution < 1.29 is 0 Å². The van der Waals surface area contributed by atoms with E-state index in [0.29, 0.717) is 0 Å². The fraction of sp³-hybridized carbons (Fsp3) is 0.167. The first-order valence-electron chi connectivity index (χ1n) is 7.36. The highest BCUT2D eigenvalue weighted by atomic mass is 15.2. The summed E-state index contributed by atoms with van der Waals surface area (Å²) in [5.74, 6) is 0.752. The first-order chi connectivity index (χ1) is 10.9. The molecule has 0 saturated carbocycles. The summed E-state index contributed by atoms with van der Waals surface area (Å²) in [6.07, 6.45) is 8.19. The third-order valence-electron chi connectivity index (χ3n) is 3.44. The van der Waals surface area contributed by atoms with Crippen LogP contribution in [0, 0.1) is 0 Å². The fourth-order valence-electron chi connectivity index (χ4n) is 2.33. The molecule has 22 heavy (non-hydrogen) atoms. The smallest absolute Gasteiger partial charge is 0.225 e. The van der Waals surface area contributed by atoms with E-state index in [1.165, 1.54) is 5.56 Å². The number of benzene rings is 1. The van der Waals surface area contributed by atoms with Gasteiger partial charge < -0.3 is 4.90 Å². The molecule has 0 bridgehead atoms. The van der Waals surface area contributed by atoms with Crippen molar-refractivity contribution in [3.05, 3.63) is 84.4 Å². The molecule has 2 heterocycles. The quantitative estimate of drug-likeness (QED) is 0.699. The van der Waals surface area contributed by atoms with Gasteiger partial charge in [-0.15, -0.1) is 0 Å². The van der Waals surface area contributed by atoms with Gasteiger partial charge in [-0.2, -0.15) is 0 Å². The summed E-state index contributed by atoms with van der Waals surface area (Å²) in [6, 6.07) is 16.3. The van der Waals surface area contributed by atoms with Gasteiger partial charge in [0.15, 0.2) is 0 Å². The number of hydrogen-bond acceptors (Lipinski definition) is 4.